The molecule has 6 rings (SSSR count). The van der Waals surface area contributed by atoms with E-state index >= 15 is 0 Å². The summed E-state index contributed by atoms with van der Waals surface area (Å²) in [6.45, 7) is 10.5. The van der Waals surface area contributed by atoms with E-state index in [4.69, 9.17) is 4.98 Å². The van der Waals surface area contributed by atoms with Crippen LogP contribution in [0.1, 0.15) is 119 Å². The van der Waals surface area contributed by atoms with Crippen LogP contribution in [0.15, 0.2) is 0 Å². The zero-order chi connectivity index (χ0) is 34.7. The minimum atomic E-state index is -2.64. The van der Waals surface area contributed by atoms with Gasteiger partial charge in [-0.2, -0.15) is 0 Å². The third kappa shape index (κ3) is 9.73. The SMILES string of the molecule is Cc1sc2nc1CC(=O)NC1(CCN(C(=O)CC(C)(C)C)CC1)CC(=O)NCCC[C@H](NC1CCC(F)(F)CC1)C(=O)N1CCC2CC1. The lowest BCUT2D eigenvalue weighted by Gasteiger charge is -2.42. The topological polar surface area (TPSA) is 124 Å². The summed E-state index contributed by atoms with van der Waals surface area (Å²) in [5.74, 6) is -2.74. The first kappa shape index (κ1) is 36.6. The minimum absolute atomic E-state index is 0.00690. The summed E-state index contributed by atoms with van der Waals surface area (Å²) in [6.07, 6.45) is 4.47. The summed E-state index contributed by atoms with van der Waals surface area (Å²) >= 11 is 1.61. The van der Waals surface area contributed by atoms with Gasteiger partial charge in [-0.1, -0.05) is 20.8 Å². The Morgan fingerprint density at radius 3 is 2.29 bits per heavy atom. The maximum atomic E-state index is 13.9. The van der Waals surface area contributed by atoms with Crippen LogP contribution in [0, 0.1) is 12.3 Å². The van der Waals surface area contributed by atoms with Gasteiger partial charge in [0.25, 0.3) is 0 Å². The van der Waals surface area contributed by atoms with Crippen molar-refractivity contribution in [3.05, 3.63) is 15.6 Å². The van der Waals surface area contributed by atoms with Gasteiger partial charge in [-0.05, 0) is 63.7 Å². The van der Waals surface area contributed by atoms with Gasteiger partial charge >= 0.3 is 0 Å². The molecule has 268 valence electrons. The van der Waals surface area contributed by atoms with E-state index in [1.165, 1.54) is 0 Å². The molecule has 1 aliphatic carbocycles. The van der Waals surface area contributed by atoms with Crippen molar-refractivity contribution in [2.45, 2.75) is 141 Å². The van der Waals surface area contributed by atoms with Crippen LogP contribution in [-0.2, 0) is 25.6 Å². The van der Waals surface area contributed by atoms with E-state index in [0.29, 0.717) is 77.7 Å². The van der Waals surface area contributed by atoms with Crippen molar-refractivity contribution in [3.8, 4) is 0 Å². The number of hydrogen-bond acceptors (Lipinski definition) is 7. The Morgan fingerprint density at radius 1 is 0.979 bits per heavy atom. The molecule has 2 saturated heterocycles. The van der Waals surface area contributed by atoms with Gasteiger partial charge in [-0.3, -0.25) is 19.2 Å². The number of amides is 4. The van der Waals surface area contributed by atoms with Gasteiger partial charge in [0.05, 0.1) is 28.7 Å². The lowest BCUT2D eigenvalue weighted by molar-refractivity contribution is -0.136. The van der Waals surface area contributed by atoms with Crippen molar-refractivity contribution in [1.82, 2.24) is 30.7 Å². The molecule has 1 atom stereocenters. The summed E-state index contributed by atoms with van der Waals surface area (Å²) in [4.78, 5) is 63.3. The number of hydrogen-bond donors (Lipinski definition) is 3. The van der Waals surface area contributed by atoms with Gasteiger partial charge in [0, 0.05) is 75.2 Å². The first-order valence-corrected chi connectivity index (χ1v) is 18.7. The first-order chi connectivity index (χ1) is 22.6. The second kappa shape index (κ2) is 15.1. The summed E-state index contributed by atoms with van der Waals surface area (Å²) in [5.41, 5.74) is -0.182. The Balaban J connectivity index is 1.32. The highest BCUT2D eigenvalue weighted by Crippen LogP contribution is 2.35. The molecule has 0 radical (unpaired) electrons. The number of nitrogens with zero attached hydrogens (tertiary/aromatic N) is 3. The molecule has 4 amide bonds. The van der Waals surface area contributed by atoms with E-state index in [2.05, 4.69) is 16.0 Å². The lowest BCUT2D eigenvalue weighted by Crippen LogP contribution is -2.58. The number of alkyl halides is 2. The molecule has 4 bridgehead atoms. The van der Waals surface area contributed by atoms with E-state index in [1.807, 2.05) is 37.5 Å². The van der Waals surface area contributed by atoms with Crippen molar-refractivity contribution < 1.29 is 28.0 Å². The number of aryl methyl sites for hydroxylation is 1. The Kier molecular flexibility index (Phi) is 11.5. The molecular weight excluding hydrogens is 638 g/mol. The second-order valence-corrected chi connectivity index (χ2v) is 17.0. The zero-order valence-electron chi connectivity index (χ0n) is 29.1. The molecule has 0 unspecified atom stereocenters. The summed E-state index contributed by atoms with van der Waals surface area (Å²) in [5, 5.41) is 10.6. The lowest BCUT2D eigenvalue weighted by atomic mass is 9.83. The van der Waals surface area contributed by atoms with Gasteiger partial charge < -0.3 is 25.8 Å². The average Bonchev–Trinajstić information content (AvgIpc) is 3.37. The number of nitrogens with one attached hydrogen (secondary N) is 3. The van der Waals surface area contributed by atoms with Gasteiger partial charge in [0.1, 0.15) is 0 Å². The predicted octanol–water partition coefficient (Wildman–Crippen LogP) is 4.45. The third-order valence-corrected chi connectivity index (χ3v) is 11.7. The van der Waals surface area contributed by atoms with E-state index in [0.717, 1.165) is 28.4 Å². The van der Waals surface area contributed by atoms with Crippen molar-refractivity contribution in [3.63, 3.8) is 0 Å². The van der Waals surface area contributed by atoms with Crippen LogP contribution >= 0.6 is 11.3 Å². The summed E-state index contributed by atoms with van der Waals surface area (Å²) < 4.78 is 27.7. The molecule has 0 aromatic carbocycles. The maximum absolute atomic E-state index is 13.9. The molecule has 1 aromatic heterocycles. The van der Waals surface area contributed by atoms with Gasteiger partial charge in [0.15, 0.2) is 0 Å². The normalized spacial score (nSPS) is 25.3. The number of halogens is 2. The fraction of sp³-hybridized carbons (Fsp3) is 0.800. The highest BCUT2D eigenvalue weighted by atomic mass is 32.1. The molecule has 5 aliphatic rings. The number of carbonyl (C=O) groups excluding carboxylic acids is 4. The molecule has 1 aromatic rings. The molecule has 1 saturated carbocycles. The second-order valence-electron chi connectivity index (χ2n) is 15.8. The molecule has 4 aliphatic heterocycles. The van der Waals surface area contributed by atoms with Crippen LogP contribution < -0.4 is 16.0 Å². The van der Waals surface area contributed by atoms with Crippen LogP contribution in [0.2, 0.25) is 0 Å². The van der Waals surface area contributed by atoms with Crippen molar-refractivity contribution in [2.24, 2.45) is 5.41 Å². The fourth-order valence-electron chi connectivity index (χ4n) is 7.62. The molecule has 5 heterocycles. The predicted molar refractivity (Wildman–Crippen MR) is 181 cm³/mol. The van der Waals surface area contributed by atoms with Crippen LogP contribution in [0.25, 0.3) is 0 Å². The van der Waals surface area contributed by atoms with Crippen LogP contribution in [0.4, 0.5) is 8.78 Å². The number of fused-ring (bicyclic) bond motifs is 11. The monoisotopic (exact) mass is 692 g/mol. The molecule has 3 N–H and O–H groups in total. The average molecular weight is 693 g/mol. The molecule has 10 nitrogen and oxygen atoms in total. The fourth-order valence-corrected chi connectivity index (χ4v) is 8.72. The number of aromatic nitrogens is 1. The quantitative estimate of drug-likeness (QED) is 0.431. The number of thiazole rings is 1. The third-order valence-electron chi connectivity index (χ3n) is 10.5. The van der Waals surface area contributed by atoms with Crippen LogP contribution in [-0.4, -0.2) is 94.7 Å². The van der Waals surface area contributed by atoms with E-state index in [-0.39, 0.29) is 66.7 Å². The molecule has 3 fully saturated rings. The minimum Gasteiger partial charge on any atom is -0.356 e. The Labute approximate surface area is 287 Å². The van der Waals surface area contributed by atoms with Crippen LogP contribution in [0.3, 0.4) is 0 Å². The van der Waals surface area contributed by atoms with E-state index in [1.54, 1.807) is 11.3 Å². The largest absolute Gasteiger partial charge is 0.356 e. The van der Waals surface area contributed by atoms with Gasteiger partial charge in [-0.15, -0.1) is 11.3 Å². The summed E-state index contributed by atoms with van der Waals surface area (Å²) in [6, 6.07) is -0.653. The first-order valence-electron chi connectivity index (χ1n) is 17.8. The molecule has 13 heteroatoms. The standard InChI is InChI=1S/C35H54F2N6O4S/c1-23-27-20-28(44)41-34(13-18-42(19-14-34)30(46)22-33(2,3)4)21-29(45)38-15-5-6-26(39-25-7-11-35(36,37)12-8-25)32(47)43-16-9-24(10-17-43)31(40-27)48-23/h24-26,39H,5-22H2,1-4H3,(H,38,45)(H,41,44)/t26-/m0/s1. The Bertz CT molecular complexity index is 1320. The number of carbonyl (C=O) groups is 4. The highest BCUT2D eigenvalue weighted by molar-refractivity contribution is 7.11. The van der Waals surface area contributed by atoms with Crippen LogP contribution in [0.5, 0.6) is 0 Å². The van der Waals surface area contributed by atoms with Gasteiger partial charge in [0.2, 0.25) is 29.6 Å². The van der Waals surface area contributed by atoms with E-state index < -0.39 is 17.5 Å². The smallest absolute Gasteiger partial charge is 0.248 e. The van der Waals surface area contributed by atoms with Crippen molar-refractivity contribution >= 4 is 35.0 Å². The maximum Gasteiger partial charge on any atom is 0.248 e. The molecule has 1 spiro atoms. The molecular formula is C35H54F2N6O4S. The molecule has 48 heavy (non-hydrogen) atoms. The van der Waals surface area contributed by atoms with E-state index in [9.17, 15) is 28.0 Å². The number of piperidine rings is 2. The zero-order valence-corrected chi connectivity index (χ0v) is 29.9. The highest BCUT2D eigenvalue weighted by Gasteiger charge is 2.41. The number of rotatable bonds is 3. The van der Waals surface area contributed by atoms with Crippen molar-refractivity contribution in [2.75, 3.05) is 32.7 Å². The Morgan fingerprint density at radius 2 is 1.65 bits per heavy atom. The van der Waals surface area contributed by atoms with Gasteiger partial charge in [-0.25, -0.2) is 13.8 Å². The number of likely N-dealkylation sites (tertiary alicyclic amines) is 1. The Hall–Kier alpha value is -2.67. The summed E-state index contributed by atoms with van der Waals surface area (Å²) in [7, 11) is 0. The van der Waals surface area contributed by atoms with Crippen molar-refractivity contribution in [1.29, 1.82) is 0 Å².